The van der Waals surface area contributed by atoms with Gasteiger partial charge in [0.2, 0.25) is 0 Å². The fourth-order valence-electron chi connectivity index (χ4n) is 2.30. The van der Waals surface area contributed by atoms with Gasteiger partial charge in [-0.15, -0.1) is 0 Å². The number of aromatic amines is 1. The third-order valence-corrected chi connectivity index (χ3v) is 3.99. The highest BCUT2D eigenvalue weighted by Crippen LogP contribution is 2.27. The third-order valence-electron chi connectivity index (χ3n) is 3.67. The van der Waals surface area contributed by atoms with Crippen LogP contribution in [0.5, 0.6) is 5.75 Å². The third kappa shape index (κ3) is 3.26. The molecular formula is C18H16ClN3O2. The van der Waals surface area contributed by atoms with Crippen LogP contribution >= 0.6 is 11.6 Å². The lowest BCUT2D eigenvalue weighted by molar-refractivity contribution is 0.102. The van der Waals surface area contributed by atoms with Crippen molar-refractivity contribution in [2.45, 2.75) is 6.92 Å². The van der Waals surface area contributed by atoms with Gasteiger partial charge in [0.25, 0.3) is 5.91 Å². The van der Waals surface area contributed by atoms with Gasteiger partial charge < -0.3 is 10.1 Å². The molecule has 122 valence electrons. The number of nitrogens with one attached hydrogen (secondary N) is 2. The zero-order valence-electron chi connectivity index (χ0n) is 13.3. The van der Waals surface area contributed by atoms with Crippen LogP contribution in [0, 0.1) is 6.92 Å². The minimum Gasteiger partial charge on any atom is -0.497 e. The van der Waals surface area contributed by atoms with Crippen molar-refractivity contribution in [2.75, 3.05) is 12.4 Å². The van der Waals surface area contributed by atoms with E-state index in [1.54, 1.807) is 25.3 Å². The van der Waals surface area contributed by atoms with E-state index < -0.39 is 0 Å². The number of benzene rings is 2. The molecule has 2 N–H and O–H groups in total. The molecule has 0 aliphatic heterocycles. The van der Waals surface area contributed by atoms with Crippen LogP contribution in [0.15, 0.2) is 48.5 Å². The average Bonchev–Trinajstić information content (AvgIpc) is 3.07. The summed E-state index contributed by atoms with van der Waals surface area (Å²) in [7, 11) is 1.58. The Labute approximate surface area is 144 Å². The zero-order chi connectivity index (χ0) is 17.1. The maximum Gasteiger partial charge on any atom is 0.273 e. The van der Waals surface area contributed by atoms with E-state index in [9.17, 15) is 4.79 Å². The highest BCUT2D eigenvalue weighted by Gasteiger charge is 2.14. The summed E-state index contributed by atoms with van der Waals surface area (Å²) in [6, 6.07) is 14.5. The van der Waals surface area contributed by atoms with Crippen LogP contribution in [0.4, 0.5) is 5.69 Å². The molecule has 5 nitrogen and oxygen atoms in total. The predicted molar refractivity (Wildman–Crippen MR) is 94.7 cm³/mol. The summed E-state index contributed by atoms with van der Waals surface area (Å²) in [4.78, 5) is 12.4. The lowest BCUT2D eigenvalue weighted by atomic mass is 10.1. The van der Waals surface area contributed by atoms with Crippen molar-refractivity contribution in [1.82, 2.24) is 10.2 Å². The van der Waals surface area contributed by atoms with E-state index in [-0.39, 0.29) is 5.91 Å². The van der Waals surface area contributed by atoms with Crippen molar-refractivity contribution in [3.63, 3.8) is 0 Å². The summed E-state index contributed by atoms with van der Waals surface area (Å²) in [5.41, 5.74) is 3.37. The fourth-order valence-corrected chi connectivity index (χ4v) is 2.53. The number of anilines is 1. The van der Waals surface area contributed by atoms with Gasteiger partial charge in [0.1, 0.15) is 11.4 Å². The van der Waals surface area contributed by atoms with Crippen molar-refractivity contribution in [3.05, 3.63) is 64.8 Å². The first-order chi connectivity index (χ1) is 11.6. The van der Waals surface area contributed by atoms with Gasteiger partial charge in [-0.3, -0.25) is 9.89 Å². The van der Waals surface area contributed by atoms with E-state index in [0.717, 1.165) is 11.1 Å². The molecule has 1 heterocycles. The molecule has 0 spiro atoms. The molecule has 0 fully saturated rings. The topological polar surface area (TPSA) is 67.0 Å². The number of rotatable bonds is 4. The highest BCUT2D eigenvalue weighted by molar-refractivity contribution is 6.33. The molecule has 0 atom stereocenters. The summed E-state index contributed by atoms with van der Waals surface area (Å²) >= 11 is 6.16. The second-order valence-corrected chi connectivity index (χ2v) is 5.69. The van der Waals surface area contributed by atoms with E-state index in [1.165, 1.54) is 0 Å². The number of methoxy groups -OCH3 is 1. The van der Waals surface area contributed by atoms with Crippen molar-refractivity contribution >= 4 is 23.2 Å². The molecule has 1 aromatic heterocycles. The number of aryl methyl sites for hydroxylation is 1. The highest BCUT2D eigenvalue weighted by atomic mass is 35.5. The fraction of sp³-hybridized carbons (Fsp3) is 0.111. The van der Waals surface area contributed by atoms with Crippen LogP contribution in [-0.2, 0) is 0 Å². The molecular weight excluding hydrogens is 326 g/mol. The Morgan fingerprint density at radius 3 is 2.75 bits per heavy atom. The van der Waals surface area contributed by atoms with Crippen LogP contribution in [0.1, 0.15) is 16.1 Å². The normalized spacial score (nSPS) is 10.5. The molecule has 0 aliphatic carbocycles. The van der Waals surface area contributed by atoms with E-state index in [4.69, 9.17) is 16.3 Å². The number of hydrogen-bond acceptors (Lipinski definition) is 3. The van der Waals surface area contributed by atoms with Crippen molar-refractivity contribution in [2.24, 2.45) is 0 Å². The molecule has 1 amide bonds. The van der Waals surface area contributed by atoms with Crippen LogP contribution < -0.4 is 10.1 Å². The van der Waals surface area contributed by atoms with Crippen LogP contribution in [0.2, 0.25) is 5.02 Å². The Morgan fingerprint density at radius 1 is 1.21 bits per heavy atom. The number of nitrogens with zero attached hydrogens (tertiary/aromatic N) is 1. The summed E-state index contributed by atoms with van der Waals surface area (Å²) in [5.74, 6) is 0.398. The summed E-state index contributed by atoms with van der Waals surface area (Å²) in [5, 5.41) is 10.4. The monoisotopic (exact) mass is 341 g/mol. The molecule has 0 saturated heterocycles. The van der Waals surface area contributed by atoms with Crippen molar-refractivity contribution in [3.8, 4) is 17.0 Å². The molecule has 6 heteroatoms. The molecule has 3 aromatic rings. The Morgan fingerprint density at radius 2 is 2.00 bits per heavy atom. The number of halogens is 1. The molecule has 0 radical (unpaired) electrons. The first-order valence-corrected chi connectivity index (χ1v) is 7.72. The van der Waals surface area contributed by atoms with Crippen LogP contribution in [0.3, 0.4) is 0 Å². The Hall–Kier alpha value is -2.79. The summed E-state index contributed by atoms with van der Waals surface area (Å²) in [6.07, 6.45) is 0. The second-order valence-electron chi connectivity index (χ2n) is 5.28. The number of H-pyrrole nitrogens is 1. The smallest absolute Gasteiger partial charge is 0.273 e. The number of carbonyl (C=O) groups excluding carboxylic acids is 1. The number of amides is 1. The Bertz CT molecular complexity index is 889. The number of aromatic nitrogens is 2. The standard InChI is InChI=1S/C18H16ClN3O2/c1-11-7-8-12(24-2)9-15(11)20-18(23)17-10-16(21-22-17)13-5-3-4-6-14(13)19/h3-10H,1-2H3,(H,20,23)(H,21,22). The van der Waals surface area contributed by atoms with Crippen molar-refractivity contribution < 1.29 is 9.53 Å². The number of hydrogen-bond donors (Lipinski definition) is 2. The maximum atomic E-state index is 12.4. The minimum atomic E-state index is -0.280. The molecule has 2 aromatic carbocycles. The molecule has 0 saturated carbocycles. The van der Waals surface area contributed by atoms with Crippen LogP contribution in [-0.4, -0.2) is 23.2 Å². The number of carbonyl (C=O) groups is 1. The molecule has 3 rings (SSSR count). The molecule has 0 bridgehead atoms. The lowest BCUT2D eigenvalue weighted by Crippen LogP contribution is -2.13. The predicted octanol–water partition coefficient (Wildman–Crippen LogP) is 4.30. The maximum absolute atomic E-state index is 12.4. The van der Waals surface area contributed by atoms with Gasteiger partial charge in [-0.05, 0) is 30.7 Å². The quantitative estimate of drug-likeness (QED) is 0.743. The first-order valence-electron chi connectivity index (χ1n) is 7.35. The van der Waals surface area contributed by atoms with Gasteiger partial charge in [0.05, 0.1) is 17.8 Å². The van der Waals surface area contributed by atoms with Gasteiger partial charge >= 0.3 is 0 Å². The zero-order valence-corrected chi connectivity index (χ0v) is 14.0. The largest absolute Gasteiger partial charge is 0.497 e. The second kappa shape index (κ2) is 6.76. The van der Waals surface area contributed by atoms with Crippen LogP contribution in [0.25, 0.3) is 11.3 Å². The number of ether oxygens (including phenoxy) is 1. The molecule has 24 heavy (non-hydrogen) atoms. The SMILES string of the molecule is COc1ccc(C)c(NC(=O)c2cc(-c3ccccc3Cl)n[nH]2)c1. The van der Waals surface area contributed by atoms with Gasteiger partial charge in [-0.25, -0.2) is 0 Å². The van der Waals surface area contributed by atoms with Gasteiger partial charge in [0, 0.05) is 17.3 Å². The van der Waals surface area contributed by atoms with E-state index in [1.807, 2.05) is 37.3 Å². The molecule has 0 unspecified atom stereocenters. The minimum absolute atomic E-state index is 0.280. The van der Waals surface area contributed by atoms with E-state index in [0.29, 0.717) is 27.8 Å². The first kappa shape index (κ1) is 16.1. The lowest BCUT2D eigenvalue weighted by Gasteiger charge is -2.09. The Kier molecular flexibility index (Phi) is 4.53. The van der Waals surface area contributed by atoms with Gasteiger partial charge in [0.15, 0.2) is 0 Å². The Balaban J connectivity index is 1.83. The summed E-state index contributed by atoms with van der Waals surface area (Å²) in [6.45, 7) is 1.91. The summed E-state index contributed by atoms with van der Waals surface area (Å²) < 4.78 is 5.19. The van der Waals surface area contributed by atoms with Gasteiger partial charge in [-0.1, -0.05) is 35.9 Å². The molecule has 0 aliphatic rings. The van der Waals surface area contributed by atoms with Gasteiger partial charge in [-0.2, -0.15) is 5.10 Å². The van der Waals surface area contributed by atoms with Crippen molar-refractivity contribution in [1.29, 1.82) is 0 Å². The average molecular weight is 342 g/mol. The van der Waals surface area contributed by atoms with E-state index in [2.05, 4.69) is 15.5 Å². The van der Waals surface area contributed by atoms with E-state index >= 15 is 0 Å².